The number of carbonyl (C=O) groups is 1. The summed E-state index contributed by atoms with van der Waals surface area (Å²) in [6.45, 7) is 2.11. The molecule has 152 valence electrons. The van der Waals surface area contributed by atoms with Crippen molar-refractivity contribution in [3.8, 4) is 0 Å². The number of carbonyl (C=O) groups excluding carboxylic acids is 1. The summed E-state index contributed by atoms with van der Waals surface area (Å²) in [5.41, 5.74) is 3.30. The summed E-state index contributed by atoms with van der Waals surface area (Å²) >= 11 is 4.79. The Morgan fingerprint density at radius 2 is 1.93 bits per heavy atom. The third-order valence-electron chi connectivity index (χ3n) is 5.75. The van der Waals surface area contributed by atoms with E-state index in [-0.39, 0.29) is 10.8 Å². The lowest BCUT2D eigenvalue weighted by Gasteiger charge is -2.27. The topological polar surface area (TPSA) is 73.5 Å². The van der Waals surface area contributed by atoms with Crippen LogP contribution in [0.15, 0.2) is 39.0 Å². The average Bonchev–Trinajstić information content (AvgIpc) is 3.46. The predicted octanol–water partition coefficient (Wildman–Crippen LogP) is 3.97. The van der Waals surface area contributed by atoms with E-state index in [0.717, 1.165) is 45.9 Å². The Morgan fingerprint density at radius 1 is 1.14 bits per heavy atom. The van der Waals surface area contributed by atoms with Gasteiger partial charge in [-0.25, -0.2) is 8.42 Å². The van der Waals surface area contributed by atoms with Crippen molar-refractivity contribution in [2.24, 2.45) is 0 Å². The molecule has 1 saturated heterocycles. The molecule has 0 radical (unpaired) electrons. The molecule has 0 aliphatic carbocycles. The summed E-state index contributed by atoms with van der Waals surface area (Å²) in [4.78, 5) is 19.0. The maximum Gasteiger partial charge on any atom is 0.265 e. The summed E-state index contributed by atoms with van der Waals surface area (Å²) in [7, 11) is -3.62. The van der Waals surface area contributed by atoms with Gasteiger partial charge in [0.05, 0.1) is 5.52 Å². The van der Waals surface area contributed by atoms with E-state index >= 15 is 0 Å². The Morgan fingerprint density at radius 3 is 2.72 bits per heavy atom. The van der Waals surface area contributed by atoms with E-state index in [9.17, 15) is 13.2 Å². The van der Waals surface area contributed by atoms with Gasteiger partial charge in [0.2, 0.25) is 10.0 Å². The maximum atomic E-state index is 13.3. The van der Waals surface area contributed by atoms with Crippen LogP contribution in [0.5, 0.6) is 0 Å². The predicted molar refractivity (Wildman–Crippen MR) is 117 cm³/mol. The second-order valence-electron chi connectivity index (χ2n) is 7.45. The number of amides is 1. The van der Waals surface area contributed by atoms with Crippen LogP contribution in [0.1, 0.15) is 33.8 Å². The molecule has 2 aliphatic heterocycles. The fourth-order valence-corrected chi connectivity index (χ4v) is 7.59. The molecule has 3 aromatic rings. The molecular formula is C20H20BrN3O3S2. The van der Waals surface area contributed by atoms with Crippen molar-refractivity contribution in [1.82, 2.24) is 14.2 Å². The van der Waals surface area contributed by atoms with Crippen LogP contribution in [0.4, 0.5) is 0 Å². The van der Waals surface area contributed by atoms with Crippen molar-refractivity contribution < 1.29 is 13.2 Å². The molecule has 6 nitrogen and oxygen atoms in total. The van der Waals surface area contributed by atoms with E-state index in [1.165, 1.54) is 15.6 Å². The SMILES string of the molecule is O=C(c1sccc1S(=O)(=O)N1CCCC1)N1CCc2[nH]c3c(Br)cccc3c2C1. The Bertz CT molecular complexity index is 1210. The van der Waals surface area contributed by atoms with Crippen LogP contribution in [-0.2, 0) is 23.0 Å². The molecule has 5 rings (SSSR count). The molecule has 0 saturated carbocycles. The number of hydrogen-bond acceptors (Lipinski definition) is 4. The highest BCUT2D eigenvalue weighted by molar-refractivity contribution is 9.10. The van der Waals surface area contributed by atoms with Crippen LogP contribution in [-0.4, -0.2) is 48.1 Å². The van der Waals surface area contributed by atoms with Crippen molar-refractivity contribution >= 4 is 54.1 Å². The lowest BCUT2D eigenvalue weighted by Crippen LogP contribution is -2.36. The molecule has 1 fully saturated rings. The summed E-state index contributed by atoms with van der Waals surface area (Å²) in [6.07, 6.45) is 2.47. The summed E-state index contributed by atoms with van der Waals surface area (Å²) < 4.78 is 28.5. The second-order valence-corrected chi connectivity index (χ2v) is 11.1. The maximum absolute atomic E-state index is 13.3. The second kappa shape index (κ2) is 7.23. The molecule has 0 atom stereocenters. The molecule has 0 spiro atoms. The quantitative estimate of drug-likeness (QED) is 0.599. The fourth-order valence-electron chi connectivity index (χ4n) is 4.24. The number of aromatic amines is 1. The molecule has 0 bridgehead atoms. The van der Waals surface area contributed by atoms with Crippen molar-refractivity contribution in [1.29, 1.82) is 0 Å². The van der Waals surface area contributed by atoms with E-state index in [1.54, 1.807) is 16.3 Å². The first kappa shape index (κ1) is 19.3. The highest BCUT2D eigenvalue weighted by atomic mass is 79.9. The molecule has 1 aromatic carbocycles. The van der Waals surface area contributed by atoms with Gasteiger partial charge in [0.15, 0.2) is 0 Å². The van der Waals surface area contributed by atoms with Crippen LogP contribution in [0.3, 0.4) is 0 Å². The standard InChI is InChI=1S/C20H20BrN3O3S2/c21-15-5-3-4-13-14-12-23(10-6-16(14)22-18(13)15)20(25)19-17(7-11-28-19)29(26,27)24-8-1-2-9-24/h3-5,7,11,22H,1-2,6,8-10,12H2. The molecule has 29 heavy (non-hydrogen) atoms. The molecular weight excluding hydrogens is 474 g/mol. The van der Waals surface area contributed by atoms with Gasteiger partial charge in [-0.2, -0.15) is 4.31 Å². The van der Waals surface area contributed by atoms with Gasteiger partial charge in [0, 0.05) is 53.7 Å². The number of nitrogens with zero attached hydrogens (tertiary/aromatic N) is 2. The van der Waals surface area contributed by atoms with E-state index in [1.807, 2.05) is 12.1 Å². The van der Waals surface area contributed by atoms with Crippen LogP contribution in [0.2, 0.25) is 0 Å². The number of halogens is 1. The Balaban J connectivity index is 1.47. The third kappa shape index (κ3) is 3.15. The molecule has 1 N–H and O–H groups in total. The van der Waals surface area contributed by atoms with E-state index in [2.05, 4.69) is 27.0 Å². The van der Waals surface area contributed by atoms with Crippen molar-refractivity contribution in [2.45, 2.75) is 30.7 Å². The molecule has 2 aliphatic rings. The number of H-pyrrole nitrogens is 1. The zero-order chi connectivity index (χ0) is 20.2. The number of rotatable bonds is 3. The number of benzene rings is 1. The lowest BCUT2D eigenvalue weighted by molar-refractivity contribution is 0.0736. The number of aromatic nitrogens is 1. The molecule has 0 unspecified atom stereocenters. The van der Waals surface area contributed by atoms with Crippen molar-refractivity contribution in [3.63, 3.8) is 0 Å². The van der Waals surface area contributed by atoms with Gasteiger partial charge in [-0.3, -0.25) is 4.79 Å². The monoisotopic (exact) mass is 493 g/mol. The number of para-hydroxylation sites is 1. The fraction of sp³-hybridized carbons (Fsp3) is 0.350. The van der Waals surface area contributed by atoms with Crippen molar-refractivity contribution in [3.05, 3.63) is 50.3 Å². The van der Waals surface area contributed by atoms with Gasteiger partial charge in [0.25, 0.3) is 5.91 Å². The highest BCUT2D eigenvalue weighted by Crippen LogP contribution is 2.34. The highest BCUT2D eigenvalue weighted by Gasteiger charge is 2.34. The largest absolute Gasteiger partial charge is 0.357 e. The number of fused-ring (bicyclic) bond motifs is 3. The van der Waals surface area contributed by atoms with E-state index < -0.39 is 10.0 Å². The summed E-state index contributed by atoms with van der Waals surface area (Å²) in [5, 5.41) is 2.80. The smallest absolute Gasteiger partial charge is 0.265 e. The number of hydrogen-bond donors (Lipinski definition) is 1. The van der Waals surface area contributed by atoms with Gasteiger partial charge in [-0.05, 0) is 46.3 Å². The lowest BCUT2D eigenvalue weighted by atomic mass is 10.0. The van der Waals surface area contributed by atoms with Crippen LogP contribution in [0.25, 0.3) is 10.9 Å². The van der Waals surface area contributed by atoms with E-state index in [4.69, 9.17) is 0 Å². The van der Waals surface area contributed by atoms with Crippen molar-refractivity contribution in [2.75, 3.05) is 19.6 Å². The molecule has 4 heterocycles. The number of sulfonamides is 1. The minimum absolute atomic E-state index is 0.155. The van der Waals surface area contributed by atoms with Crippen LogP contribution in [0, 0.1) is 0 Å². The average molecular weight is 494 g/mol. The first-order valence-corrected chi connectivity index (χ1v) is 12.7. The van der Waals surface area contributed by atoms with Crippen LogP contribution >= 0.6 is 27.3 Å². The number of nitrogens with one attached hydrogen (secondary N) is 1. The zero-order valence-corrected chi connectivity index (χ0v) is 18.9. The summed E-state index contributed by atoms with van der Waals surface area (Å²) in [5.74, 6) is -0.201. The van der Waals surface area contributed by atoms with Crippen LogP contribution < -0.4 is 0 Å². The Hall–Kier alpha value is -1.68. The Labute approximate surface area is 181 Å². The minimum Gasteiger partial charge on any atom is -0.357 e. The normalized spacial score (nSPS) is 17.8. The van der Waals surface area contributed by atoms with Gasteiger partial charge in [-0.1, -0.05) is 12.1 Å². The molecule has 2 aromatic heterocycles. The number of thiophene rings is 1. The van der Waals surface area contributed by atoms with Gasteiger partial charge in [0.1, 0.15) is 9.77 Å². The third-order valence-corrected chi connectivity index (χ3v) is 9.39. The molecule has 1 amide bonds. The Kier molecular flexibility index (Phi) is 4.81. The minimum atomic E-state index is -3.62. The van der Waals surface area contributed by atoms with Gasteiger partial charge < -0.3 is 9.88 Å². The summed E-state index contributed by atoms with van der Waals surface area (Å²) in [6, 6.07) is 7.61. The first-order valence-electron chi connectivity index (χ1n) is 9.61. The van der Waals surface area contributed by atoms with Gasteiger partial charge >= 0.3 is 0 Å². The molecule has 9 heteroatoms. The first-order chi connectivity index (χ1) is 14.0. The van der Waals surface area contributed by atoms with E-state index in [0.29, 0.717) is 31.1 Å². The van der Waals surface area contributed by atoms with Gasteiger partial charge in [-0.15, -0.1) is 11.3 Å². The zero-order valence-electron chi connectivity index (χ0n) is 15.7.